The van der Waals surface area contributed by atoms with Crippen molar-refractivity contribution in [1.29, 1.82) is 0 Å². The summed E-state index contributed by atoms with van der Waals surface area (Å²) < 4.78 is 13.4. The fourth-order valence-corrected chi connectivity index (χ4v) is 1.41. The minimum Gasteiger partial charge on any atom is -0.337 e. The van der Waals surface area contributed by atoms with E-state index in [-0.39, 0.29) is 10.8 Å². The largest absolute Gasteiger partial charge is 0.337 e. The van der Waals surface area contributed by atoms with Crippen LogP contribution in [0, 0.1) is 12.7 Å². The van der Waals surface area contributed by atoms with E-state index in [2.05, 4.69) is 15.3 Å². The van der Waals surface area contributed by atoms with Gasteiger partial charge in [0.15, 0.2) is 11.6 Å². The number of pyridine rings is 2. The number of nitrogens with one attached hydrogen (secondary N) is 1. The number of rotatable bonds is 2. The molecule has 2 aromatic heterocycles. The Morgan fingerprint density at radius 1 is 1.25 bits per heavy atom. The van der Waals surface area contributed by atoms with Crippen molar-refractivity contribution in [3.63, 3.8) is 0 Å². The number of aromatic nitrogens is 2. The molecule has 0 unspecified atom stereocenters. The van der Waals surface area contributed by atoms with Crippen molar-refractivity contribution < 1.29 is 4.39 Å². The Kier molecular flexibility index (Phi) is 3.01. The first-order valence-corrected chi connectivity index (χ1v) is 5.02. The molecule has 0 atom stereocenters. The number of nitrogens with zero attached hydrogens (tertiary/aromatic N) is 2. The zero-order chi connectivity index (χ0) is 11.5. The zero-order valence-electron chi connectivity index (χ0n) is 8.54. The molecule has 2 rings (SSSR count). The normalized spacial score (nSPS) is 10.2. The summed E-state index contributed by atoms with van der Waals surface area (Å²) in [4.78, 5) is 7.85. The molecule has 0 radical (unpaired) electrons. The second-order valence-electron chi connectivity index (χ2n) is 3.36. The van der Waals surface area contributed by atoms with E-state index < -0.39 is 5.82 Å². The van der Waals surface area contributed by atoms with Crippen LogP contribution in [0.4, 0.5) is 15.9 Å². The molecule has 2 aromatic rings. The summed E-state index contributed by atoms with van der Waals surface area (Å²) in [5.74, 6) is -0.356. The fourth-order valence-electron chi connectivity index (χ4n) is 1.27. The molecule has 0 spiro atoms. The zero-order valence-corrected chi connectivity index (χ0v) is 9.29. The Balaban J connectivity index is 2.27. The molecule has 0 amide bonds. The SMILES string of the molecule is Cc1cncc(Nc2ncc(Cl)cc2F)c1. The summed E-state index contributed by atoms with van der Waals surface area (Å²) in [5.41, 5.74) is 1.67. The Hall–Kier alpha value is -1.68. The predicted molar refractivity (Wildman–Crippen MR) is 61.5 cm³/mol. The van der Waals surface area contributed by atoms with E-state index in [0.717, 1.165) is 5.56 Å². The van der Waals surface area contributed by atoms with Crippen LogP contribution in [-0.4, -0.2) is 9.97 Å². The summed E-state index contributed by atoms with van der Waals surface area (Å²) >= 11 is 5.60. The third-order valence-corrected chi connectivity index (χ3v) is 2.15. The van der Waals surface area contributed by atoms with Crippen molar-refractivity contribution in [3.8, 4) is 0 Å². The monoisotopic (exact) mass is 237 g/mol. The van der Waals surface area contributed by atoms with Crippen molar-refractivity contribution in [2.24, 2.45) is 0 Å². The first-order chi connectivity index (χ1) is 7.65. The Bertz CT molecular complexity index is 516. The molecule has 3 nitrogen and oxygen atoms in total. The van der Waals surface area contributed by atoms with E-state index in [1.807, 2.05) is 13.0 Å². The van der Waals surface area contributed by atoms with E-state index in [0.29, 0.717) is 5.69 Å². The molecule has 16 heavy (non-hydrogen) atoms. The lowest BCUT2D eigenvalue weighted by atomic mass is 10.3. The Labute approximate surface area is 97.3 Å². The van der Waals surface area contributed by atoms with Crippen molar-refractivity contribution in [2.75, 3.05) is 5.32 Å². The van der Waals surface area contributed by atoms with Crippen molar-refractivity contribution in [3.05, 3.63) is 47.1 Å². The van der Waals surface area contributed by atoms with E-state index in [1.54, 1.807) is 12.4 Å². The maximum absolute atomic E-state index is 13.4. The van der Waals surface area contributed by atoms with Gasteiger partial charge in [-0.1, -0.05) is 11.6 Å². The lowest BCUT2D eigenvalue weighted by molar-refractivity contribution is 0.626. The van der Waals surface area contributed by atoms with Gasteiger partial charge >= 0.3 is 0 Å². The van der Waals surface area contributed by atoms with Gasteiger partial charge in [0, 0.05) is 12.4 Å². The first-order valence-electron chi connectivity index (χ1n) is 4.65. The van der Waals surface area contributed by atoms with Crippen LogP contribution in [0.5, 0.6) is 0 Å². The van der Waals surface area contributed by atoms with Gasteiger partial charge in [0.2, 0.25) is 0 Å². The minimum absolute atomic E-state index is 0.136. The number of aryl methyl sites for hydroxylation is 1. The average Bonchev–Trinajstić information content (AvgIpc) is 2.22. The highest BCUT2D eigenvalue weighted by Crippen LogP contribution is 2.19. The molecular formula is C11H9ClFN3. The molecule has 0 bridgehead atoms. The molecule has 2 heterocycles. The van der Waals surface area contributed by atoms with E-state index in [1.165, 1.54) is 12.3 Å². The standard InChI is InChI=1S/C11H9ClFN3/c1-7-2-9(6-14-4-7)16-11-10(13)3-8(12)5-15-11/h2-6H,1H3,(H,15,16). The fraction of sp³-hybridized carbons (Fsp3) is 0.0909. The highest BCUT2D eigenvalue weighted by Gasteiger charge is 2.04. The topological polar surface area (TPSA) is 37.8 Å². The highest BCUT2D eigenvalue weighted by atomic mass is 35.5. The third-order valence-electron chi connectivity index (χ3n) is 1.95. The Morgan fingerprint density at radius 3 is 2.75 bits per heavy atom. The second-order valence-corrected chi connectivity index (χ2v) is 3.80. The summed E-state index contributed by atoms with van der Waals surface area (Å²) in [6.45, 7) is 1.91. The molecule has 5 heteroatoms. The number of hydrogen-bond donors (Lipinski definition) is 1. The van der Waals surface area contributed by atoms with Crippen LogP contribution in [0.25, 0.3) is 0 Å². The molecule has 82 valence electrons. The number of halogens is 2. The van der Waals surface area contributed by atoms with E-state index in [4.69, 9.17) is 11.6 Å². The van der Waals surface area contributed by atoms with Gasteiger partial charge in [-0.2, -0.15) is 0 Å². The lowest BCUT2D eigenvalue weighted by Crippen LogP contribution is -1.97. The van der Waals surface area contributed by atoms with Crippen molar-refractivity contribution in [2.45, 2.75) is 6.92 Å². The smallest absolute Gasteiger partial charge is 0.167 e. The molecule has 0 fully saturated rings. The number of anilines is 2. The molecule has 0 aliphatic heterocycles. The van der Waals surface area contributed by atoms with Crippen LogP contribution in [-0.2, 0) is 0 Å². The van der Waals surface area contributed by atoms with Crippen LogP contribution >= 0.6 is 11.6 Å². The van der Waals surface area contributed by atoms with Gasteiger partial charge < -0.3 is 5.32 Å². The van der Waals surface area contributed by atoms with Crippen LogP contribution in [0.15, 0.2) is 30.7 Å². The molecular weight excluding hydrogens is 229 g/mol. The molecule has 0 saturated heterocycles. The van der Waals surface area contributed by atoms with Gasteiger partial charge in [-0.3, -0.25) is 4.98 Å². The number of hydrogen-bond acceptors (Lipinski definition) is 3. The first kappa shape index (κ1) is 10.8. The van der Waals surface area contributed by atoms with Crippen LogP contribution in [0.3, 0.4) is 0 Å². The van der Waals surface area contributed by atoms with Gasteiger partial charge in [-0.15, -0.1) is 0 Å². The second kappa shape index (κ2) is 4.45. The summed E-state index contributed by atoms with van der Waals surface area (Å²) in [6, 6.07) is 3.06. The van der Waals surface area contributed by atoms with Gasteiger partial charge in [-0.05, 0) is 24.6 Å². The van der Waals surface area contributed by atoms with Crippen molar-refractivity contribution >= 4 is 23.1 Å². The molecule has 0 saturated carbocycles. The van der Waals surface area contributed by atoms with Gasteiger partial charge in [0.1, 0.15) is 0 Å². The van der Waals surface area contributed by atoms with Gasteiger partial charge in [-0.25, -0.2) is 9.37 Å². The quantitative estimate of drug-likeness (QED) is 0.871. The van der Waals surface area contributed by atoms with Crippen LogP contribution in [0.2, 0.25) is 5.02 Å². The lowest BCUT2D eigenvalue weighted by Gasteiger charge is -2.06. The molecule has 0 aliphatic carbocycles. The van der Waals surface area contributed by atoms with Gasteiger partial charge in [0.25, 0.3) is 0 Å². The maximum Gasteiger partial charge on any atom is 0.167 e. The summed E-state index contributed by atoms with van der Waals surface area (Å²) in [6.07, 6.45) is 4.70. The Morgan fingerprint density at radius 2 is 2.06 bits per heavy atom. The average molecular weight is 238 g/mol. The van der Waals surface area contributed by atoms with Crippen molar-refractivity contribution in [1.82, 2.24) is 9.97 Å². The van der Waals surface area contributed by atoms with E-state index >= 15 is 0 Å². The van der Waals surface area contributed by atoms with E-state index in [9.17, 15) is 4.39 Å². The molecule has 0 aliphatic rings. The molecule has 0 aromatic carbocycles. The minimum atomic E-state index is -0.492. The summed E-state index contributed by atoms with van der Waals surface area (Å²) in [5, 5.41) is 3.10. The molecule has 1 N–H and O–H groups in total. The predicted octanol–water partition coefficient (Wildman–Crippen LogP) is 3.32. The van der Waals surface area contributed by atoms with Crippen LogP contribution < -0.4 is 5.32 Å². The maximum atomic E-state index is 13.4. The summed E-state index contributed by atoms with van der Waals surface area (Å²) in [7, 11) is 0. The van der Waals surface area contributed by atoms with Crippen LogP contribution in [0.1, 0.15) is 5.56 Å². The highest BCUT2D eigenvalue weighted by molar-refractivity contribution is 6.30. The van der Waals surface area contributed by atoms with Gasteiger partial charge in [0.05, 0.1) is 16.9 Å². The third kappa shape index (κ3) is 2.46.